The Kier molecular flexibility index (Phi) is 4.57. The first-order chi connectivity index (χ1) is 12.0. The molecule has 0 aliphatic rings. The minimum atomic E-state index is -0.431. The Bertz CT molecular complexity index is 983. The number of nitrogens with zero attached hydrogens (tertiary/aromatic N) is 1. The summed E-state index contributed by atoms with van der Waals surface area (Å²) in [5, 5.41) is 1.74. The summed E-state index contributed by atoms with van der Waals surface area (Å²) in [5.74, 6) is -1.03. The maximum absolute atomic E-state index is 14.3. The van der Waals surface area contributed by atoms with Gasteiger partial charge in [-0.3, -0.25) is 14.6 Å². The van der Waals surface area contributed by atoms with Gasteiger partial charge >= 0.3 is 0 Å². The molecule has 126 valence electrons. The van der Waals surface area contributed by atoms with Crippen molar-refractivity contribution >= 4 is 22.5 Å². The van der Waals surface area contributed by atoms with E-state index in [4.69, 9.17) is 5.73 Å². The molecule has 1 aromatic heterocycles. The molecule has 0 bridgehead atoms. The molecule has 0 radical (unpaired) electrons. The van der Waals surface area contributed by atoms with E-state index in [9.17, 15) is 14.0 Å². The number of halogens is 1. The second-order valence-corrected chi connectivity index (χ2v) is 5.96. The molecule has 5 heteroatoms. The average Bonchev–Trinajstić information content (AvgIpc) is 2.58. The number of ketones is 1. The minimum absolute atomic E-state index is 0.107. The van der Waals surface area contributed by atoms with Gasteiger partial charge in [-0.15, -0.1) is 0 Å². The minimum Gasteiger partial charge on any atom is -0.369 e. The summed E-state index contributed by atoms with van der Waals surface area (Å²) in [5.41, 5.74) is 7.55. The Morgan fingerprint density at radius 2 is 1.80 bits per heavy atom. The second-order valence-electron chi connectivity index (χ2n) is 5.96. The van der Waals surface area contributed by atoms with Crippen molar-refractivity contribution in [3.63, 3.8) is 0 Å². The van der Waals surface area contributed by atoms with Crippen LogP contribution in [0.25, 0.3) is 10.8 Å². The monoisotopic (exact) mass is 336 g/mol. The van der Waals surface area contributed by atoms with Gasteiger partial charge in [0.2, 0.25) is 5.91 Å². The van der Waals surface area contributed by atoms with Gasteiger partial charge in [-0.05, 0) is 29.5 Å². The van der Waals surface area contributed by atoms with E-state index in [-0.39, 0.29) is 12.2 Å². The lowest BCUT2D eigenvalue weighted by atomic mass is 9.98. The predicted molar refractivity (Wildman–Crippen MR) is 93.9 cm³/mol. The zero-order valence-electron chi connectivity index (χ0n) is 13.8. The number of pyridine rings is 1. The first-order valence-corrected chi connectivity index (χ1v) is 7.89. The Balaban J connectivity index is 2.03. The van der Waals surface area contributed by atoms with Crippen molar-refractivity contribution in [3.05, 3.63) is 76.9 Å². The highest BCUT2D eigenvalue weighted by molar-refractivity contribution is 5.94. The second kappa shape index (κ2) is 6.81. The molecule has 0 saturated carbocycles. The number of Topliss-reactive ketones (excluding diaryl/α,β-unsaturated/α-hetero) is 1. The normalized spacial score (nSPS) is 10.8. The summed E-state index contributed by atoms with van der Waals surface area (Å²) in [4.78, 5) is 27.0. The molecule has 1 amide bonds. The van der Waals surface area contributed by atoms with Gasteiger partial charge in [-0.2, -0.15) is 0 Å². The Hall–Kier alpha value is -3.08. The number of hydrogen-bond acceptors (Lipinski definition) is 3. The lowest BCUT2D eigenvalue weighted by Gasteiger charge is -2.10. The summed E-state index contributed by atoms with van der Waals surface area (Å²) >= 11 is 0. The number of fused-ring (bicyclic) bond motifs is 1. The fraction of sp³-hybridized carbons (Fsp3) is 0.150. The highest BCUT2D eigenvalue weighted by atomic mass is 19.1. The maximum atomic E-state index is 14.3. The van der Waals surface area contributed by atoms with Gasteiger partial charge in [0.1, 0.15) is 5.82 Å². The van der Waals surface area contributed by atoms with Crippen LogP contribution < -0.4 is 5.73 Å². The number of amides is 1. The van der Waals surface area contributed by atoms with E-state index in [2.05, 4.69) is 4.98 Å². The van der Waals surface area contributed by atoms with E-state index in [0.29, 0.717) is 23.2 Å². The first-order valence-electron chi connectivity index (χ1n) is 7.89. The molecule has 25 heavy (non-hydrogen) atoms. The van der Waals surface area contributed by atoms with E-state index in [0.717, 1.165) is 16.3 Å². The molecule has 0 aliphatic heterocycles. The molecule has 2 aromatic carbocycles. The Morgan fingerprint density at radius 3 is 2.44 bits per heavy atom. The van der Waals surface area contributed by atoms with Crippen molar-refractivity contribution in [2.24, 2.45) is 5.73 Å². The third-order valence-electron chi connectivity index (χ3n) is 4.14. The van der Waals surface area contributed by atoms with Crippen LogP contribution in [0.3, 0.4) is 0 Å². The summed E-state index contributed by atoms with van der Waals surface area (Å²) in [6.45, 7) is 1.40. The third-order valence-corrected chi connectivity index (χ3v) is 4.14. The van der Waals surface area contributed by atoms with Crippen LogP contribution in [0.15, 0.2) is 48.7 Å². The van der Waals surface area contributed by atoms with Crippen LogP contribution in [0, 0.1) is 5.82 Å². The molecule has 0 unspecified atom stereocenters. The maximum Gasteiger partial charge on any atom is 0.221 e. The predicted octanol–water partition coefficient (Wildman–Crippen LogP) is 3.20. The molecular weight excluding hydrogens is 319 g/mol. The lowest BCUT2D eigenvalue weighted by molar-refractivity contribution is -0.117. The summed E-state index contributed by atoms with van der Waals surface area (Å²) in [6.07, 6.45) is 2.01. The zero-order valence-corrected chi connectivity index (χ0v) is 13.8. The molecule has 0 fully saturated rings. The number of aromatic nitrogens is 1. The molecule has 3 rings (SSSR count). The number of nitrogens with two attached hydrogens (primary N) is 1. The van der Waals surface area contributed by atoms with E-state index < -0.39 is 11.7 Å². The number of rotatable bonds is 5. The van der Waals surface area contributed by atoms with Crippen molar-refractivity contribution in [1.82, 2.24) is 4.98 Å². The van der Waals surface area contributed by atoms with Gasteiger partial charge in [-0.25, -0.2) is 4.39 Å². The molecule has 0 aliphatic carbocycles. The standard InChI is InChI=1S/C20H17FN2O2/c1-12(24)13-6-7-14(18(21)8-13)9-19-17-5-3-2-4-16(17)15(11-23-19)10-20(22)25/h2-8,11H,9-10H2,1H3,(H2,22,25). The number of hydrogen-bond donors (Lipinski definition) is 1. The fourth-order valence-electron chi connectivity index (χ4n) is 2.87. The number of benzene rings is 2. The molecule has 4 nitrogen and oxygen atoms in total. The molecule has 2 N–H and O–H groups in total. The lowest BCUT2D eigenvalue weighted by Crippen LogP contribution is -2.14. The molecule has 1 heterocycles. The smallest absolute Gasteiger partial charge is 0.221 e. The van der Waals surface area contributed by atoms with Gasteiger partial charge in [0.25, 0.3) is 0 Å². The zero-order chi connectivity index (χ0) is 18.0. The number of carbonyl (C=O) groups excluding carboxylic acids is 2. The molecule has 3 aromatic rings. The molecule has 0 saturated heterocycles. The Morgan fingerprint density at radius 1 is 1.08 bits per heavy atom. The topological polar surface area (TPSA) is 73.1 Å². The summed E-state index contributed by atoms with van der Waals surface area (Å²) < 4.78 is 14.3. The fourth-order valence-corrected chi connectivity index (χ4v) is 2.87. The van der Waals surface area contributed by atoms with Crippen molar-refractivity contribution in [3.8, 4) is 0 Å². The molecule has 0 atom stereocenters. The van der Waals surface area contributed by atoms with Gasteiger partial charge < -0.3 is 5.73 Å². The van der Waals surface area contributed by atoms with E-state index >= 15 is 0 Å². The van der Waals surface area contributed by atoms with E-state index in [1.807, 2.05) is 24.3 Å². The van der Waals surface area contributed by atoms with Crippen molar-refractivity contribution in [1.29, 1.82) is 0 Å². The Labute approximate surface area is 144 Å². The number of carbonyl (C=O) groups is 2. The van der Waals surface area contributed by atoms with Crippen LogP contribution in [0.4, 0.5) is 4.39 Å². The first kappa shape index (κ1) is 16.8. The highest BCUT2D eigenvalue weighted by Crippen LogP contribution is 2.24. The summed E-state index contributed by atoms with van der Waals surface area (Å²) in [6, 6.07) is 12.0. The highest BCUT2D eigenvalue weighted by Gasteiger charge is 2.12. The van der Waals surface area contributed by atoms with E-state index in [1.165, 1.54) is 13.0 Å². The quantitative estimate of drug-likeness (QED) is 0.727. The third kappa shape index (κ3) is 3.55. The van der Waals surface area contributed by atoms with Gasteiger partial charge in [0, 0.05) is 23.6 Å². The van der Waals surface area contributed by atoms with Crippen LogP contribution in [0.2, 0.25) is 0 Å². The SMILES string of the molecule is CC(=O)c1ccc(Cc2ncc(CC(N)=O)c3ccccc23)c(F)c1. The number of primary amides is 1. The summed E-state index contributed by atoms with van der Waals surface area (Å²) in [7, 11) is 0. The van der Waals surface area contributed by atoms with Gasteiger partial charge in [-0.1, -0.05) is 36.4 Å². The van der Waals surface area contributed by atoms with E-state index in [1.54, 1.807) is 18.3 Å². The van der Waals surface area contributed by atoms with Crippen LogP contribution in [-0.2, 0) is 17.6 Å². The largest absolute Gasteiger partial charge is 0.369 e. The van der Waals surface area contributed by atoms with Crippen molar-refractivity contribution < 1.29 is 14.0 Å². The van der Waals surface area contributed by atoms with Crippen molar-refractivity contribution in [2.45, 2.75) is 19.8 Å². The average molecular weight is 336 g/mol. The van der Waals surface area contributed by atoms with Gasteiger partial charge in [0.05, 0.1) is 12.1 Å². The van der Waals surface area contributed by atoms with Crippen LogP contribution in [-0.4, -0.2) is 16.7 Å². The van der Waals surface area contributed by atoms with Crippen LogP contribution in [0.1, 0.15) is 34.1 Å². The van der Waals surface area contributed by atoms with Gasteiger partial charge in [0.15, 0.2) is 5.78 Å². The van der Waals surface area contributed by atoms with Crippen LogP contribution >= 0.6 is 0 Å². The molecule has 0 spiro atoms. The molecular formula is C20H17FN2O2. The van der Waals surface area contributed by atoms with Crippen molar-refractivity contribution in [2.75, 3.05) is 0 Å². The van der Waals surface area contributed by atoms with Crippen LogP contribution in [0.5, 0.6) is 0 Å².